The second-order valence-electron chi connectivity index (χ2n) is 3.10. The third-order valence-electron chi connectivity index (χ3n) is 1.92. The van der Waals surface area contributed by atoms with Crippen molar-refractivity contribution in [3.8, 4) is 10.7 Å². The van der Waals surface area contributed by atoms with Crippen molar-refractivity contribution in [3.63, 3.8) is 0 Å². The molecule has 3 aromatic rings. The molecular formula is C7H5N5O2S3. The van der Waals surface area contributed by atoms with Gasteiger partial charge in [-0.3, -0.25) is 0 Å². The quantitative estimate of drug-likeness (QED) is 0.741. The number of rotatable bonds is 2. The van der Waals surface area contributed by atoms with Gasteiger partial charge in [-0.05, 0) is 0 Å². The average molecular weight is 287 g/mol. The molecule has 7 nitrogen and oxygen atoms in total. The molecule has 0 radical (unpaired) electrons. The molecule has 3 rings (SSSR count). The molecule has 0 atom stereocenters. The maximum absolute atomic E-state index is 11.1. The van der Waals surface area contributed by atoms with E-state index >= 15 is 0 Å². The molecule has 3 aromatic heterocycles. The normalized spacial score (nSPS) is 12.3. The van der Waals surface area contributed by atoms with Crippen LogP contribution in [-0.2, 0) is 10.0 Å². The van der Waals surface area contributed by atoms with Crippen LogP contribution in [0.2, 0.25) is 0 Å². The molecule has 0 aliphatic carbocycles. The summed E-state index contributed by atoms with van der Waals surface area (Å²) in [5.74, 6) is 0. The third kappa shape index (κ3) is 1.84. The summed E-state index contributed by atoms with van der Waals surface area (Å²) in [5.41, 5.74) is 0.666. The van der Waals surface area contributed by atoms with Crippen molar-refractivity contribution < 1.29 is 8.42 Å². The van der Waals surface area contributed by atoms with Gasteiger partial charge in [0.2, 0.25) is 9.30 Å². The summed E-state index contributed by atoms with van der Waals surface area (Å²) in [7, 11) is -3.77. The Morgan fingerprint density at radius 1 is 1.41 bits per heavy atom. The van der Waals surface area contributed by atoms with Crippen molar-refractivity contribution in [1.82, 2.24) is 19.6 Å². The highest BCUT2D eigenvalue weighted by molar-refractivity contribution is 7.91. The van der Waals surface area contributed by atoms with E-state index in [2.05, 4.69) is 15.1 Å². The minimum absolute atomic E-state index is 0.148. The highest BCUT2D eigenvalue weighted by atomic mass is 32.2. The predicted molar refractivity (Wildman–Crippen MR) is 63.3 cm³/mol. The first kappa shape index (κ1) is 10.8. The van der Waals surface area contributed by atoms with Crippen LogP contribution in [-0.4, -0.2) is 28.0 Å². The van der Waals surface area contributed by atoms with E-state index < -0.39 is 10.0 Å². The van der Waals surface area contributed by atoms with E-state index in [0.29, 0.717) is 10.7 Å². The molecule has 0 saturated heterocycles. The van der Waals surface area contributed by atoms with E-state index in [4.69, 9.17) is 5.14 Å². The molecule has 0 aliphatic heterocycles. The molecule has 10 heteroatoms. The van der Waals surface area contributed by atoms with Crippen LogP contribution in [0.4, 0.5) is 0 Å². The Morgan fingerprint density at radius 2 is 2.24 bits per heavy atom. The summed E-state index contributed by atoms with van der Waals surface area (Å²) >= 11 is 2.38. The zero-order valence-electron chi connectivity index (χ0n) is 8.14. The molecule has 17 heavy (non-hydrogen) atoms. The fraction of sp³-hybridized carbons (Fsp3) is 0. The van der Waals surface area contributed by atoms with Gasteiger partial charge >= 0.3 is 0 Å². The Morgan fingerprint density at radius 3 is 2.82 bits per heavy atom. The number of hydrogen-bond acceptors (Lipinski definition) is 7. The number of nitrogens with two attached hydrogens (primary N) is 1. The Labute approximate surface area is 104 Å². The monoisotopic (exact) mass is 287 g/mol. The first-order chi connectivity index (χ1) is 8.04. The topological polar surface area (TPSA) is 103 Å². The highest BCUT2D eigenvalue weighted by Gasteiger charge is 2.17. The van der Waals surface area contributed by atoms with Crippen LogP contribution < -0.4 is 5.14 Å². The zero-order chi connectivity index (χ0) is 12.0. The van der Waals surface area contributed by atoms with Gasteiger partial charge in [-0.25, -0.2) is 28.0 Å². The van der Waals surface area contributed by atoms with E-state index in [1.165, 1.54) is 15.9 Å². The van der Waals surface area contributed by atoms with Gasteiger partial charge in [0.1, 0.15) is 10.7 Å². The lowest BCUT2D eigenvalue weighted by Crippen LogP contribution is -2.12. The first-order valence-electron chi connectivity index (χ1n) is 4.33. The van der Waals surface area contributed by atoms with Crippen LogP contribution in [0, 0.1) is 0 Å². The summed E-state index contributed by atoms with van der Waals surface area (Å²) in [5, 5.41) is 11.4. The summed E-state index contributed by atoms with van der Waals surface area (Å²) in [6.07, 6.45) is 3.30. The predicted octanol–water partition coefficient (Wildman–Crippen LogP) is 0.562. The molecule has 0 saturated carbocycles. The molecule has 0 bridgehead atoms. The molecule has 2 N–H and O–H groups in total. The van der Waals surface area contributed by atoms with Gasteiger partial charge in [0, 0.05) is 11.6 Å². The lowest BCUT2D eigenvalue weighted by atomic mass is 10.5. The first-order valence-corrected chi connectivity index (χ1v) is 7.57. The van der Waals surface area contributed by atoms with Crippen molar-refractivity contribution in [2.75, 3.05) is 0 Å². The SMILES string of the molecule is NS(=O)(=O)c1nn2cc(-c3nccs3)nc2s1. The van der Waals surface area contributed by atoms with E-state index in [0.717, 1.165) is 16.3 Å². The number of primary sulfonamides is 1. The van der Waals surface area contributed by atoms with Crippen LogP contribution in [0.25, 0.3) is 15.7 Å². The number of imidazole rings is 1. The Hall–Kier alpha value is -1.36. The molecule has 88 valence electrons. The summed E-state index contributed by atoms with van der Waals surface area (Å²) in [6.45, 7) is 0. The fourth-order valence-electron chi connectivity index (χ4n) is 1.25. The van der Waals surface area contributed by atoms with Gasteiger partial charge in [0.25, 0.3) is 10.0 Å². The Bertz CT molecular complexity index is 738. The van der Waals surface area contributed by atoms with Crippen molar-refractivity contribution in [2.24, 2.45) is 5.14 Å². The molecule has 0 unspecified atom stereocenters. The lowest BCUT2D eigenvalue weighted by Gasteiger charge is -1.87. The molecule has 0 fully saturated rings. The molecule has 0 aromatic carbocycles. The van der Waals surface area contributed by atoms with E-state index in [1.54, 1.807) is 12.4 Å². The Kier molecular flexibility index (Phi) is 2.26. The minimum Gasteiger partial charge on any atom is -0.243 e. The second kappa shape index (κ2) is 3.57. The van der Waals surface area contributed by atoms with E-state index in [-0.39, 0.29) is 4.34 Å². The summed E-state index contributed by atoms with van der Waals surface area (Å²) in [6, 6.07) is 0. The number of fused-ring (bicyclic) bond motifs is 1. The van der Waals surface area contributed by atoms with Crippen LogP contribution >= 0.6 is 22.7 Å². The maximum atomic E-state index is 11.1. The fourth-order valence-corrected chi connectivity index (χ4v) is 3.35. The lowest BCUT2D eigenvalue weighted by molar-refractivity contribution is 0.595. The van der Waals surface area contributed by atoms with Gasteiger partial charge in [-0.1, -0.05) is 11.3 Å². The van der Waals surface area contributed by atoms with Gasteiger partial charge < -0.3 is 0 Å². The molecule has 0 aliphatic rings. The van der Waals surface area contributed by atoms with Gasteiger partial charge in [0.15, 0.2) is 0 Å². The van der Waals surface area contributed by atoms with Gasteiger partial charge in [-0.2, -0.15) is 0 Å². The van der Waals surface area contributed by atoms with Crippen molar-refractivity contribution in [2.45, 2.75) is 4.34 Å². The zero-order valence-corrected chi connectivity index (χ0v) is 10.6. The third-order valence-corrected chi connectivity index (χ3v) is 4.95. The maximum Gasteiger partial charge on any atom is 0.267 e. The number of nitrogens with zero attached hydrogens (tertiary/aromatic N) is 4. The summed E-state index contributed by atoms with van der Waals surface area (Å²) < 4.78 is 23.4. The van der Waals surface area contributed by atoms with Crippen molar-refractivity contribution >= 4 is 37.7 Å². The van der Waals surface area contributed by atoms with E-state index in [9.17, 15) is 8.42 Å². The molecule has 3 heterocycles. The van der Waals surface area contributed by atoms with Crippen LogP contribution in [0.15, 0.2) is 22.1 Å². The standard InChI is InChI=1S/C7H5N5O2S3/c8-17(13,14)7-11-12-3-4(10-6(12)16-7)5-9-1-2-15-5/h1-3H,(H2,8,13,14). The second-order valence-corrected chi connectivity index (χ2v) is 6.69. The molecular weight excluding hydrogens is 282 g/mol. The summed E-state index contributed by atoms with van der Waals surface area (Å²) in [4.78, 5) is 8.82. The van der Waals surface area contributed by atoms with Crippen LogP contribution in [0.3, 0.4) is 0 Å². The largest absolute Gasteiger partial charge is 0.267 e. The van der Waals surface area contributed by atoms with Gasteiger partial charge in [-0.15, -0.1) is 16.4 Å². The van der Waals surface area contributed by atoms with Crippen molar-refractivity contribution in [3.05, 3.63) is 17.8 Å². The minimum atomic E-state index is -3.77. The smallest absolute Gasteiger partial charge is 0.243 e. The number of thiazole rings is 1. The number of hydrogen-bond donors (Lipinski definition) is 1. The Balaban J connectivity index is 2.14. The van der Waals surface area contributed by atoms with Crippen molar-refractivity contribution in [1.29, 1.82) is 0 Å². The number of sulfonamides is 1. The van der Waals surface area contributed by atoms with Gasteiger partial charge in [0.05, 0.1) is 6.20 Å². The van der Waals surface area contributed by atoms with E-state index in [1.807, 2.05) is 5.38 Å². The van der Waals surface area contributed by atoms with Crippen LogP contribution in [0.5, 0.6) is 0 Å². The highest BCUT2D eigenvalue weighted by Crippen LogP contribution is 2.24. The molecule has 0 amide bonds. The number of aromatic nitrogens is 4. The molecule has 0 spiro atoms. The average Bonchev–Trinajstić information content (AvgIpc) is 2.90. The van der Waals surface area contributed by atoms with Crippen LogP contribution in [0.1, 0.15) is 0 Å².